The van der Waals surface area contributed by atoms with Crippen molar-refractivity contribution in [2.24, 2.45) is 0 Å². The van der Waals surface area contributed by atoms with Gasteiger partial charge in [-0.1, -0.05) is 0 Å². The summed E-state index contributed by atoms with van der Waals surface area (Å²) >= 11 is 0. The number of halogens is 1. The van der Waals surface area contributed by atoms with E-state index in [1.165, 1.54) is 25.5 Å². The van der Waals surface area contributed by atoms with Crippen molar-refractivity contribution in [1.29, 1.82) is 5.41 Å². The molecule has 0 aliphatic heterocycles. The van der Waals surface area contributed by atoms with Gasteiger partial charge in [0, 0.05) is 19.3 Å². The van der Waals surface area contributed by atoms with Crippen LogP contribution in [-0.2, 0) is 4.74 Å². The topological polar surface area (TPSA) is 62.6 Å². The van der Waals surface area contributed by atoms with E-state index in [1.807, 2.05) is 11.9 Å². The van der Waals surface area contributed by atoms with Gasteiger partial charge in [-0.15, -0.1) is 0 Å². The number of hydrogen-bond acceptors (Lipinski definition) is 5. The summed E-state index contributed by atoms with van der Waals surface area (Å²) in [5.74, 6) is -0.868. The van der Waals surface area contributed by atoms with Crippen molar-refractivity contribution in [2.75, 3.05) is 33.9 Å². The molecule has 1 aromatic carbocycles. The molecule has 0 fully saturated rings. The molecule has 6 heteroatoms. The molecule has 0 bridgehead atoms. The third-order valence-electron chi connectivity index (χ3n) is 2.48. The smallest absolute Gasteiger partial charge is 0.341 e. The maximum Gasteiger partial charge on any atom is 0.341 e. The van der Waals surface area contributed by atoms with Crippen LogP contribution in [0.15, 0.2) is 18.2 Å². The molecule has 0 saturated heterocycles. The zero-order chi connectivity index (χ0) is 14.3. The lowest BCUT2D eigenvalue weighted by molar-refractivity contribution is 0.0595. The van der Waals surface area contributed by atoms with E-state index in [0.29, 0.717) is 19.7 Å². The Balaban J connectivity index is 2.67. The summed E-state index contributed by atoms with van der Waals surface area (Å²) in [6, 6.07) is 3.71. The van der Waals surface area contributed by atoms with Crippen molar-refractivity contribution < 1.29 is 18.7 Å². The van der Waals surface area contributed by atoms with Gasteiger partial charge < -0.3 is 14.9 Å². The number of benzene rings is 1. The highest BCUT2D eigenvalue weighted by Crippen LogP contribution is 2.20. The molecule has 5 nitrogen and oxygen atoms in total. The van der Waals surface area contributed by atoms with Gasteiger partial charge in [0.25, 0.3) is 0 Å². The molecule has 0 aliphatic carbocycles. The monoisotopic (exact) mass is 268 g/mol. The van der Waals surface area contributed by atoms with Gasteiger partial charge in [0.05, 0.1) is 7.11 Å². The lowest BCUT2D eigenvalue weighted by Crippen LogP contribution is -2.26. The Morgan fingerprint density at radius 1 is 1.53 bits per heavy atom. The number of nitrogens with zero attached hydrogens (tertiary/aromatic N) is 1. The van der Waals surface area contributed by atoms with Gasteiger partial charge in [-0.25, -0.2) is 9.18 Å². The summed E-state index contributed by atoms with van der Waals surface area (Å²) in [5.41, 5.74) is 0.0669. The number of carbonyl (C=O) groups excluding carboxylic acids is 1. The Kier molecular flexibility index (Phi) is 5.95. The fourth-order valence-corrected chi connectivity index (χ4v) is 1.46. The minimum atomic E-state index is -0.637. The first-order valence-corrected chi connectivity index (χ1v) is 5.76. The van der Waals surface area contributed by atoms with Gasteiger partial charge in [0.2, 0.25) is 0 Å². The van der Waals surface area contributed by atoms with Crippen molar-refractivity contribution in [2.45, 2.75) is 0 Å². The number of methoxy groups -OCH3 is 1. The van der Waals surface area contributed by atoms with E-state index in [0.717, 1.165) is 6.07 Å². The second kappa shape index (κ2) is 7.48. The molecule has 0 aliphatic rings. The van der Waals surface area contributed by atoms with Crippen LogP contribution in [0.3, 0.4) is 0 Å². The number of esters is 1. The van der Waals surface area contributed by atoms with Crippen molar-refractivity contribution >= 4 is 12.2 Å². The van der Waals surface area contributed by atoms with Crippen LogP contribution in [-0.4, -0.2) is 50.9 Å². The number of ether oxygens (including phenoxy) is 2. The first kappa shape index (κ1) is 15.1. The van der Waals surface area contributed by atoms with Crippen LogP contribution in [0.5, 0.6) is 5.75 Å². The summed E-state index contributed by atoms with van der Waals surface area (Å²) in [4.78, 5) is 13.4. The summed E-state index contributed by atoms with van der Waals surface area (Å²) in [7, 11) is 3.08. The average molecular weight is 268 g/mol. The molecular formula is C13H17FN2O3. The minimum absolute atomic E-state index is 0.0669. The highest BCUT2D eigenvalue weighted by atomic mass is 19.1. The fraction of sp³-hybridized carbons (Fsp3) is 0.385. The Morgan fingerprint density at radius 3 is 2.89 bits per heavy atom. The van der Waals surface area contributed by atoms with E-state index in [-0.39, 0.29) is 11.3 Å². The second-order valence-electron chi connectivity index (χ2n) is 3.95. The molecular weight excluding hydrogens is 251 g/mol. The van der Waals surface area contributed by atoms with Crippen LogP contribution in [0.2, 0.25) is 0 Å². The summed E-state index contributed by atoms with van der Waals surface area (Å²) in [6.45, 7) is 1.45. The zero-order valence-electron chi connectivity index (χ0n) is 11.0. The molecule has 0 heterocycles. The van der Waals surface area contributed by atoms with Gasteiger partial charge in [-0.05, 0) is 25.2 Å². The van der Waals surface area contributed by atoms with Gasteiger partial charge >= 0.3 is 5.97 Å². The third kappa shape index (κ3) is 4.67. The van der Waals surface area contributed by atoms with Gasteiger partial charge in [0.15, 0.2) is 0 Å². The highest BCUT2D eigenvalue weighted by Gasteiger charge is 2.14. The molecule has 0 saturated carbocycles. The average Bonchev–Trinajstić information content (AvgIpc) is 2.39. The van der Waals surface area contributed by atoms with Crippen LogP contribution >= 0.6 is 0 Å². The van der Waals surface area contributed by atoms with Crippen LogP contribution in [0, 0.1) is 11.2 Å². The predicted octanol–water partition coefficient (Wildman–Crippen LogP) is 1.57. The van der Waals surface area contributed by atoms with E-state index in [9.17, 15) is 9.18 Å². The van der Waals surface area contributed by atoms with E-state index < -0.39 is 11.8 Å². The second-order valence-corrected chi connectivity index (χ2v) is 3.95. The standard InChI is InChI=1S/C13H17FN2O3/c1-16(6-5-15)7-8-19-12-4-3-10(14)9-11(12)13(17)18-2/h3-5,9,15H,6-8H2,1-2H3. The minimum Gasteiger partial charge on any atom is -0.491 e. The number of carbonyl (C=O) groups is 1. The molecule has 0 amide bonds. The van der Waals surface area contributed by atoms with E-state index in [2.05, 4.69) is 4.74 Å². The molecule has 0 unspecified atom stereocenters. The number of likely N-dealkylation sites (N-methyl/N-ethyl adjacent to an activating group) is 1. The third-order valence-corrected chi connectivity index (χ3v) is 2.48. The molecule has 1 aromatic rings. The molecule has 0 atom stereocenters. The molecule has 0 spiro atoms. The maximum atomic E-state index is 13.1. The predicted molar refractivity (Wildman–Crippen MR) is 69.5 cm³/mol. The number of nitrogens with one attached hydrogen (secondary N) is 1. The fourth-order valence-electron chi connectivity index (χ4n) is 1.46. The Hall–Kier alpha value is -1.95. The van der Waals surface area contributed by atoms with Crippen molar-refractivity contribution in [3.05, 3.63) is 29.6 Å². The molecule has 0 radical (unpaired) electrons. The largest absolute Gasteiger partial charge is 0.491 e. The van der Waals surface area contributed by atoms with Gasteiger partial charge in [-0.3, -0.25) is 4.90 Å². The molecule has 104 valence electrons. The van der Waals surface area contributed by atoms with E-state index in [1.54, 1.807) is 0 Å². The Bertz CT molecular complexity index is 452. The number of rotatable bonds is 7. The first-order chi connectivity index (χ1) is 9.08. The normalized spacial score (nSPS) is 10.3. The summed E-state index contributed by atoms with van der Waals surface area (Å²) in [6.07, 6.45) is 1.29. The molecule has 19 heavy (non-hydrogen) atoms. The SMILES string of the molecule is COC(=O)c1cc(F)ccc1OCCN(C)CC=N. The van der Waals surface area contributed by atoms with Crippen LogP contribution < -0.4 is 4.74 Å². The van der Waals surface area contributed by atoms with Crippen molar-refractivity contribution in [3.63, 3.8) is 0 Å². The first-order valence-electron chi connectivity index (χ1n) is 5.76. The zero-order valence-corrected chi connectivity index (χ0v) is 11.0. The maximum absolute atomic E-state index is 13.1. The molecule has 0 aromatic heterocycles. The van der Waals surface area contributed by atoms with E-state index >= 15 is 0 Å². The van der Waals surface area contributed by atoms with Crippen LogP contribution in [0.4, 0.5) is 4.39 Å². The van der Waals surface area contributed by atoms with E-state index in [4.69, 9.17) is 10.1 Å². The van der Waals surface area contributed by atoms with Crippen molar-refractivity contribution in [1.82, 2.24) is 4.90 Å². The quantitative estimate of drug-likeness (QED) is 0.602. The van der Waals surface area contributed by atoms with Gasteiger partial charge in [-0.2, -0.15) is 0 Å². The van der Waals surface area contributed by atoms with Crippen molar-refractivity contribution in [3.8, 4) is 5.75 Å². The highest BCUT2D eigenvalue weighted by molar-refractivity contribution is 5.92. The van der Waals surface area contributed by atoms with Gasteiger partial charge in [0.1, 0.15) is 23.7 Å². The Labute approximate surface area is 111 Å². The lowest BCUT2D eigenvalue weighted by atomic mass is 10.2. The lowest BCUT2D eigenvalue weighted by Gasteiger charge is -2.15. The molecule has 1 N–H and O–H groups in total. The van der Waals surface area contributed by atoms with Crippen LogP contribution in [0.1, 0.15) is 10.4 Å². The van der Waals surface area contributed by atoms with Crippen LogP contribution in [0.25, 0.3) is 0 Å². The summed E-state index contributed by atoms with van der Waals surface area (Å²) in [5, 5.41) is 6.96. The Morgan fingerprint density at radius 2 is 2.26 bits per heavy atom. The summed E-state index contributed by atoms with van der Waals surface area (Å²) < 4.78 is 23.1. The molecule has 1 rings (SSSR count). The number of hydrogen-bond donors (Lipinski definition) is 1.